The van der Waals surface area contributed by atoms with Crippen molar-refractivity contribution in [3.8, 4) is 11.8 Å². The average Bonchev–Trinajstić information content (AvgIpc) is 2.72. The number of nitrogens with two attached hydrogens (primary N) is 1. The van der Waals surface area contributed by atoms with Gasteiger partial charge in [0.15, 0.2) is 6.17 Å². The molecular weight excluding hydrogens is 292 g/mol. The molecule has 23 heavy (non-hydrogen) atoms. The number of benzodiazepines with no additional fused rings is 1. The normalized spacial score (nSPS) is 16.5. The topological polar surface area (TPSA) is 100 Å². The molecule has 114 valence electrons. The number of methoxy groups -OCH3 is 1. The zero-order valence-electron chi connectivity index (χ0n) is 12.4. The number of anilines is 1. The minimum atomic E-state index is -1.03. The Bertz CT molecular complexity index is 838. The fraction of sp³-hybridized carbons (Fsp3) is 0.118. The van der Waals surface area contributed by atoms with Gasteiger partial charge in [-0.05, 0) is 6.07 Å². The van der Waals surface area contributed by atoms with E-state index in [2.05, 4.69) is 16.4 Å². The largest absolute Gasteiger partial charge is 0.495 e. The minimum Gasteiger partial charge on any atom is -0.495 e. The first-order chi connectivity index (χ1) is 11.1. The summed E-state index contributed by atoms with van der Waals surface area (Å²) in [5.74, 6) is -0.0367. The molecule has 6 nitrogen and oxygen atoms in total. The summed E-state index contributed by atoms with van der Waals surface area (Å²) in [7, 11) is 1.48. The van der Waals surface area contributed by atoms with Gasteiger partial charge in [-0.25, -0.2) is 0 Å². The summed E-state index contributed by atoms with van der Waals surface area (Å²) in [4.78, 5) is 16.4. The summed E-state index contributed by atoms with van der Waals surface area (Å²) in [5, 5.41) is 12.0. The smallest absolute Gasteiger partial charge is 0.263 e. The van der Waals surface area contributed by atoms with E-state index in [1.807, 2.05) is 30.3 Å². The summed E-state index contributed by atoms with van der Waals surface area (Å²) < 4.78 is 5.32. The van der Waals surface area contributed by atoms with Gasteiger partial charge in [0.25, 0.3) is 5.91 Å². The number of nitrogens with zero attached hydrogens (tertiary/aromatic N) is 2. The number of aliphatic imine (C=N–C) groups is 1. The van der Waals surface area contributed by atoms with Crippen LogP contribution in [-0.4, -0.2) is 24.9 Å². The van der Waals surface area contributed by atoms with Gasteiger partial charge in [0, 0.05) is 17.2 Å². The third-order valence-corrected chi connectivity index (χ3v) is 3.54. The van der Waals surface area contributed by atoms with Crippen LogP contribution >= 0.6 is 0 Å². The number of benzene rings is 2. The molecule has 2 aromatic carbocycles. The SMILES string of the molecule is COc1cc(C#N)cc2c1NC(=O)C(N)N=C2c1ccccc1. The van der Waals surface area contributed by atoms with Crippen molar-refractivity contribution in [3.63, 3.8) is 0 Å². The van der Waals surface area contributed by atoms with E-state index in [0.717, 1.165) is 5.56 Å². The van der Waals surface area contributed by atoms with Crippen LogP contribution in [0, 0.1) is 11.3 Å². The highest BCUT2D eigenvalue weighted by atomic mass is 16.5. The van der Waals surface area contributed by atoms with Crippen molar-refractivity contribution in [2.75, 3.05) is 12.4 Å². The lowest BCUT2D eigenvalue weighted by atomic mass is 9.98. The van der Waals surface area contributed by atoms with Gasteiger partial charge in [0.2, 0.25) is 0 Å². The van der Waals surface area contributed by atoms with Crippen molar-refractivity contribution in [1.82, 2.24) is 0 Å². The molecule has 1 aliphatic heterocycles. The Labute approximate surface area is 133 Å². The molecule has 3 rings (SSSR count). The quantitative estimate of drug-likeness (QED) is 0.880. The minimum absolute atomic E-state index is 0.394. The van der Waals surface area contributed by atoms with Crippen LogP contribution < -0.4 is 15.8 Å². The summed E-state index contributed by atoms with van der Waals surface area (Å²) in [6.45, 7) is 0. The Morgan fingerprint density at radius 2 is 2.04 bits per heavy atom. The molecule has 1 unspecified atom stereocenters. The van der Waals surface area contributed by atoms with Crippen LogP contribution in [0.2, 0.25) is 0 Å². The maximum atomic E-state index is 12.1. The number of nitriles is 1. The molecule has 0 radical (unpaired) electrons. The summed E-state index contributed by atoms with van der Waals surface area (Å²) in [6.07, 6.45) is -1.03. The molecule has 1 amide bonds. The first-order valence-corrected chi connectivity index (χ1v) is 6.96. The van der Waals surface area contributed by atoms with Gasteiger partial charge in [0.05, 0.1) is 30.1 Å². The van der Waals surface area contributed by atoms with Gasteiger partial charge in [0.1, 0.15) is 5.75 Å². The highest BCUT2D eigenvalue weighted by molar-refractivity contribution is 6.20. The van der Waals surface area contributed by atoms with E-state index in [0.29, 0.717) is 28.3 Å². The van der Waals surface area contributed by atoms with E-state index < -0.39 is 12.1 Å². The van der Waals surface area contributed by atoms with Crippen LogP contribution in [0.1, 0.15) is 16.7 Å². The number of nitrogens with one attached hydrogen (secondary N) is 1. The van der Waals surface area contributed by atoms with E-state index in [4.69, 9.17) is 10.5 Å². The number of ether oxygens (including phenoxy) is 1. The monoisotopic (exact) mass is 306 g/mol. The zero-order valence-corrected chi connectivity index (χ0v) is 12.4. The lowest BCUT2D eigenvalue weighted by molar-refractivity contribution is -0.117. The van der Waals surface area contributed by atoms with E-state index in [-0.39, 0.29) is 0 Å². The van der Waals surface area contributed by atoms with Crippen molar-refractivity contribution in [2.24, 2.45) is 10.7 Å². The van der Waals surface area contributed by atoms with Crippen LogP contribution in [0.15, 0.2) is 47.5 Å². The van der Waals surface area contributed by atoms with Gasteiger partial charge in [-0.3, -0.25) is 9.79 Å². The Balaban J connectivity index is 2.31. The number of fused-ring (bicyclic) bond motifs is 1. The standard InChI is InChI=1S/C17H14N4O2/c1-23-13-8-10(9-18)7-12-14(11-5-3-2-4-6-11)20-16(19)17(22)21-15(12)13/h2-8,16H,19H2,1H3,(H,21,22). The second-order valence-corrected chi connectivity index (χ2v) is 4.99. The lowest BCUT2D eigenvalue weighted by Crippen LogP contribution is -2.33. The van der Waals surface area contributed by atoms with E-state index in [9.17, 15) is 10.1 Å². The van der Waals surface area contributed by atoms with Crippen molar-refractivity contribution in [3.05, 3.63) is 59.2 Å². The van der Waals surface area contributed by atoms with Gasteiger partial charge >= 0.3 is 0 Å². The molecule has 0 aliphatic carbocycles. The number of amides is 1. The molecule has 3 N–H and O–H groups in total. The molecule has 0 saturated heterocycles. The molecule has 2 aromatic rings. The number of hydrogen-bond acceptors (Lipinski definition) is 5. The van der Waals surface area contributed by atoms with Gasteiger partial charge in [-0.2, -0.15) is 5.26 Å². The van der Waals surface area contributed by atoms with Crippen molar-refractivity contribution < 1.29 is 9.53 Å². The van der Waals surface area contributed by atoms with Gasteiger partial charge in [-0.15, -0.1) is 0 Å². The highest BCUT2D eigenvalue weighted by Crippen LogP contribution is 2.33. The Morgan fingerprint density at radius 1 is 1.30 bits per heavy atom. The molecule has 1 atom stereocenters. The van der Waals surface area contributed by atoms with Crippen LogP contribution in [0.3, 0.4) is 0 Å². The van der Waals surface area contributed by atoms with E-state index in [1.165, 1.54) is 7.11 Å². The van der Waals surface area contributed by atoms with Crippen molar-refractivity contribution >= 4 is 17.3 Å². The van der Waals surface area contributed by atoms with E-state index >= 15 is 0 Å². The molecule has 1 heterocycles. The number of hydrogen-bond donors (Lipinski definition) is 2. The lowest BCUT2D eigenvalue weighted by Gasteiger charge is -2.14. The summed E-state index contributed by atoms with van der Waals surface area (Å²) in [5.41, 5.74) is 8.67. The predicted octanol–water partition coefficient (Wildman–Crippen LogP) is 1.64. The molecule has 1 aliphatic rings. The first kappa shape index (κ1) is 14.8. The maximum Gasteiger partial charge on any atom is 0.263 e. The Hall–Kier alpha value is -3.17. The average molecular weight is 306 g/mol. The van der Waals surface area contributed by atoms with Crippen LogP contribution in [-0.2, 0) is 4.79 Å². The van der Waals surface area contributed by atoms with Crippen LogP contribution in [0.4, 0.5) is 5.69 Å². The second-order valence-electron chi connectivity index (χ2n) is 4.99. The van der Waals surface area contributed by atoms with E-state index in [1.54, 1.807) is 12.1 Å². The molecule has 6 heteroatoms. The number of rotatable bonds is 2. The third-order valence-electron chi connectivity index (χ3n) is 3.54. The van der Waals surface area contributed by atoms with Crippen LogP contribution in [0.25, 0.3) is 0 Å². The van der Waals surface area contributed by atoms with Crippen molar-refractivity contribution in [1.29, 1.82) is 5.26 Å². The van der Waals surface area contributed by atoms with Crippen molar-refractivity contribution in [2.45, 2.75) is 6.17 Å². The highest BCUT2D eigenvalue weighted by Gasteiger charge is 2.26. The molecule has 0 saturated carbocycles. The van der Waals surface area contributed by atoms with Gasteiger partial charge < -0.3 is 15.8 Å². The third kappa shape index (κ3) is 2.65. The Kier molecular flexibility index (Phi) is 3.79. The summed E-state index contributed by atoms with van der Waals surface area (Å²) in [6, 6.07) is 14.7. The molecule has 0 fully saturated rings. The second kappa shape index (κ2) is 5.91. The molecule has 0 aromatic heterocycles. The maximum absolute atomic E-state index is 12.1. The fourth-order valence-electron chi connectivity index (χ4n) is 2.45. The fourth-order valence-corrected chi connectivity index (χ4v) is 2.45. The number of carbonyl (C=O) groups is 1. The molecule has 0 spiro atoms. The molecular formula is C17H14N4O2. The predicted molar refractivity (Wildman–Crippen MR) is 86.4 cm³/mol. The molecule has 0 bridgehead atoms. The summed E-state index contributed by atoms with van der Waals surface area (Å²) >= 11 is 0. The first-order valence-electron chi connectivity index (χ1n) is 6.96. The van der Waals surface area contributed by atoms with Gasteiger partial charge in [-0.1, -0.05) is 30.3 Å². The number of carbonyl (C=O) groups excluding carboxylic acids is 1. The zero-order chi connectivity index (χ0) is 16.4. The van der Waals surface area contributed by atoms with Crippen LogP contribution in [0.5, 0.6) is 5.75 Å². The Morgan fingerprint density at radius 3 is 2.70 bits per heavy atom.